The molecule has 0 aromatic heterocycles. The first-order valence-electron chi connectivity index (χ1n) is 6.20. The van der Waals surface area contributed by atoms with E-state index in [-0.39, 0.29) is 23.9 Å². The predicted octanol–water partition coefficient (Wildman–Crippen LogP) is 0.577. The maximum absolute atomic E-state index is 12.0. The van der Waals surface area contributed by atoms with Gasteiger partial charge in [-0.2, -0.15) is 0 Å². The molecule has 5 nitrogen and oxygen atoms in total. The van der Waals surface area contributed by atoms with Crippen LogP contribution in [0.1, 0.15) is 25.7 Å². The predicted molar refractivity (Wildman–Crippen MR) is 60.3 cm³/mol. The number of hydrogen-bond acceptors (Lipinski definition) is 4. The van der Waals surface area contributed by atoms with Gasteiger partial charge >= 0.3 is 5.97 Å². The Morgan fingerprint density at radius 1 is 1.24 bits per heavy atom. The third-order valence-electron chi connectivity index (χ3n) is 3.55. The summed E-state index contributed by atoms with van der Waals surface area (Å²) in [5, 5.41) is 0. The van der Waals surface area contributed by atoms with Gasteiger partial charge < -0.3 is 14.4 Å². The molecular weight excluding hydrogens is 222 g/mol. The van der Waals surface area contributed by atoms with Crippen LogP contribution >= 0.6 is 0 Å². The molecule has 96 valence electrons. The lowest BCUT2D eigenvalue weighted by Crippen LogP contribution is -2.44. The van der Waals surface area contributed by atoms with E-state index in [4.69, 9.17) is 9.47 Å². The molecule has 0 bridgehead atoms. The molecule has 2 heterocycles. The summed E-state index contributed by atoms with van der Waals surface area (Å²) in [7, 11) is 1.41. The van der Waals surface area contributed by atoms with Crippen LogP contribution in [0, 0.1) is 5.92 Å². The highest BCUT2D eigenvalue weighted by atomic mass is 16.5. The molecule has 0 spiro atoms. The summed E-state index contributed by atoms with van der Waals surface area (Å²) in [5.41, 5.74) is 0. The smallest absolute Gasteiger partial charge is 0.308 e. The molecule has 1 amide bonds. The molecule has 2 aliphatic heterocycles. The molecule has 2 fully saturated rings. The lowest BCUT2D eigenvalue weighted by molar-refractivity contribution is -0.151. The van der Waals surface area contributed by atoms with Gasteiger partial charge in [0.25, 0.3) is 5.91 Å². The first kappa shape index (κ1) is 12.4. The Morgan fingerprint density at radius 2 is 1.94 bits per heavy atom. The second-order valence-electron chi connectivity index (χ2n) is 4.62. The van der Waals surface area contributed by atoms with Crippen LogP contribution in [-0.4, -0.2) is 49.7 Å². The molecule has 0 saturated carbocycles. The largest absolute Gasteiger partial charge is 0.469 e. The minimum atomic E-state index is -0.246. The Balaban J connectivity index is 1.82. The van der Waals surface area contributed by atoms with Crippen molar-refractivity contribution in [1.82, 2.24) is 4.90 Å². The van der Waals surface area contributed by atoms with E-state index in [0.29, 0.717) is 32.5 Å². The third-order valence-corrected chi connectivity index (χ3v) is 3.55. The average Bonchev–Trinajstić information content (AvgIpc) is 2.91. The Hall–Kier alpha value is -1.10. The van der Waals surface area contributed by atoms with Gasteiger partial charge in [-0.3, -0.25) is 9.59 Å². The van der Waals surface area contributed by atoms with Gasteiger partial charge in [-0.05, 0) is 25.7 Å². The maximum Gasteiger partial charge on any atom is 0.308 e. The first-order chi connectivity index (χ1) is 8.22. The Kier molecular flexibility index (Phi) is 3.99. The standard InChI is InChI=1S/C12H19NO4/c1-16-12(15)9-4-6-13(7-5-9)11(14)10-3-2-8-17-10/h9-10H,2-8H2,1H3/t10-/m0/s1. The van der Waals surface area contributed by atoms with E-state index in [1.54, 1.807) is 0 Å². The molecule has 1 atom stereocenters. The second-order valence-corrected chi connectivity index (χ2v) is 4.62. The van der Waals surface area contributed by atoms with Gasteiger partial charge in [0.1, 0.15) is 6.10 Å². The van der Waals surface area contributed by atoms with Crippen LogP contribution in [0.2, 0.25) is 0 Å². The SMILES string of the molecule is COC(=O)C1CCN(C(=O)[C@@H]2CCCO2)CC1. The van der Waals surface area contributed by atoms with E-state index in [9.17, 15) is 9.59 Å². The van der Waals surface area contributed by atoms with Gasteiger partial charge in [-0.1, -0.05) is 0 Å². The molecule has 2 saturated heterocycles. The van der Waals surface area contributed by atoms with Crippen molar-refractivity contribution in [3.63, 3.8) is 0 Å². The molecule has 0 aromatic rings. The lowest BCUT2D eigenvalue weighted by Gasteiger charge is -2.32. The minimum absolute atomic E-state index is 0.0476. The molecule has 0 unspecified atom stereocenters. The fraction of sp³-hybridized carbons (Fsp3) is 0.833. The number of piperidine rings is 1. The van der Waals surface area contributed by atoms with Crippen molar-refractivity contribution in [3.8, 4) is 0 Å². The molecule has 5 heteroatoms. The van der Waals surface area contributed by atoms with E-state index in [1.165, 1.54) is 7.11 Å². The summed E-state index contributed by atoms with van der Waals surface area (Å²) in [6.45, 7) is 1.96. The van der Waals surface area contributed by atoms with Gasteiger partial charge in [-0.25, -0.2) is 0 Å². The number of hydrogen-bond donors (Lipinski definition) is 0. The van der Waals surface area contributed by atoms with Crippen LogP contribution in [0.3, 0.4) is 0 Å². The fourth-order valence-electron chi connectivity index (χ4n) is 2.48. The topological polar surface area (TPSA) is 55.8 Å². The zero-order valence-electron chi connectivity index (χ0n) is 10.2. The third kappa shape index (κ3) is 2.77. The second kappa shape index (κ2) is 5.49. The summed E-state index contributed by atoms with van der Waals surface area (Å²) in [4.78, 5) is 25.2. The molecule has 0 radical (unpaired) electrons. The highest BCUT2D eigenvalue weighted by Gasteiger charge is 2.32. The number of ether oxygens (including phenoxy) is 2. The number of esters is 1. The van der Waals surface area contributed by atoms with Crippen molar-refractivity contribution in [1.29, 1.82) is 0 Å². The highest BCUT2D eigenvalue weighted by molar-refractivity contribution is 5.81. The highest BCUT2D eigenvalue weighted by Crippen LogP contribution is 2.21. The molecule has 0 aromatic carbocycles. The first-order valence-corrected chi connectivity index (χ1v) is 6.20. The number of likely N-dealkylation sites (tertiary alicyclic amines) is 1. The fourth-order valence-corrected chi connectivity index (χ4v) is 2.48. The number of carbonyl (C=O) groups excluding carboxylic acids is 2. The average molecular weight is 241 g/mol. The molecular formula is C12H19NO4. The number of carbonyl (C=O) groups is 2. The van der Waals surface area contributed by atoms with Gasteiger partial charge in [-0.15, -0.1) is 0 Å². The van der Waals surface area contributed by atoms with Crippen molar-refractivity contribution >= 4 is 11.9 Å². The zero-order valence-corrected chi connectivity index (χ0v) is 10.2. The molecule has 17 heavy (non-hydrogen) atoms. The Morgan fingerprint density at radius 3 is 2.47 bits per heavy atom. The molecule has 2 aliphatic rings. The van der Waals surface area contributed by atoms with Crippen molar-refractivity contribution in [2.24, 2.45) is 5.92 Å². The number of amides is 1. The molecule has 0 aliphatic carbocycles. The van der Waals surface area contributed by atoms with Crippen molar-refractivity contribution in [3.05, 3.63) is 0 Å². The van der Waals surface area contributed by atoms with E-state index < -0.39 is 0 Å². The van der Waals surface area contributed by atoms with Crippen molar-refractivity contribution in [2.45, 2.75) is 31.8 Å². The van der Waals surface area contributed by atoms with E-state index in [1.807, 2.05) is 4.90 Å². The van der Waals surface area contributed by atoms with Crippen LogP contribution < -0.4 is 0 Å². The Bertz CT molecular complexity index is 291. The van der Waals surface area contributed by atoms with Gasteiger partial charge in [0.05, 0.1) is 13.0 Å². The van der Waals surface area contributed by atoms with E-state index in [2.05, 4.69) is 0 Å². The van der Waals surface area contributed by atoms with Crippen LogP contribution in [-0.2, 0) is 19.1 Å². The van der Waals surface area contributed by atoms with Crippen LogP contribution in [0.15, 0.2) is 0 Å². The molecule has 2 rings (SSSR count). The van der Waals surface area contributed by atoms with Crippen molar-refractivity contribution in [2.75, 3.05) is 26.8 Å². The zero-order chi connectivity index (χ0) is 12.3. The van der Waals surface area contributed by atoms with E-state index >= 15 is 0 Å². The Labute approximate surface area is 101 Å². The quantitative estimate of drug-likeness (QED) is 0.663. The van der Waals surface area contributed by atoms with Crippen LogP contribution in [0.4, 0.5) is 0 Å². The van der Waals surface area contributed by atoms with Gasteiger partial charge in [0, 0.05) is 19.7 Å². The van der Waals surface area contributed by atoms with Gasteiger partial charge in [0.2, 0.25) is 0 Å². The van der Waals surface area contributed by atoms with Crippen LogP contribution in [0.25, 0.3) is 0 Å². The number of rotatable bonds is 2. The normalized spacial score (nSPS) is 25.9. The summed E-state index contributed by atoms with van der Waals surface area (Å²) in [6, 6.07) is 0. The van der Waals surface area contributed by atoms with E-state index in [0.717, 1.165) is 12.8 Å². The monoisotopic (exact) mass is 241 g/mol. The van der Waals surface area contributed by atoms with Gasteiger partial charge in [0.15, 0.2) is 0 Å². The van der Waals surface area contributed by atoms with Crippen LogP contribution in [0.5, 0.6) is 0 Å². The summed E-state index contributed by atoms with van der Waals surface area (Å²) < 4.78 is 10.1. The summed E-state index contributed by atoms with van der Waals surface area (Å²) in [5.74, 6) is -0.117. The number of methoxy groups -OCH3 is 1. The lowest BCUT2D eigenvalue weighted by atomic mass is 9.96. The summed E-state index contributed by atoms with van der Waals surface area (Å²) >= 11 is 0. The summed E-state index contributed by atoms with van der Waals surface area (Å²) in [6.07, 6.45) is 2.95. The number of nitrogens with zero attached hydrogens (tertiary/aromatic N) is 1. The molecule has 0 N–H and O–H groups in total. The van der Waals surface area contributed by atoms with Crippen molar-refractivity contribution < 1.29 is 19.1 Å². The minimum Gasteiger partial charge on any atom is -0.469 e. The maximum atomic E-state index is 12.0.